The van der Waals surface area contributed by atoms with Gasteiger partial charge >= 0.3 is 0 Å². The summed E-state index contributed by atoms with van der Waals surface area (Å²) in [7, 11) is 0. The number of hydrogen-bond donors (Lipinski definition) is 0. The average molecular weight is 377 g/mol. The van der Waals surface area contributed by atoms with Crippen molar-refractivity contribution in [3.63, 3.8) is 0 Å². The third-order valence-corrected chi connectivity index (χ3v) is 5.63. The molecule has 3 aromatic rings. The minimum atomic E-state index is 0.0538. The van der Waals surface area contributed by atoms with E-state index in [1.807, 2.05) is 42.3 Å². The molecule has 1 aliphatic carbocycles. The van der Waals surface area contributed by atoms with Gasteiger partial charge in [-0.2, -0.15) is 0 Å². The molecule has 7 nitrogen and oxygen atoms in total. The Hall–Kier alpha value is -2.80. The van der Waals surface area contributed by atoms with E-state index in [9.17, 15) is 4.79 Å². The van der Waals surface area contributed by atoms with E-state index in [4.69, 9.17) is 4.52 Å². The second kappa shape index (κ2) is 6.98. The monoisotopic (exact) mass is 377 g/mol. The van der Waals surface area contributed by atoms with E-state index in [1.165, 1.54) is 0 Å². The number of fused-ring (bicyclic) bond motifs is 1. The summed E-state index contributed by atoms with van der Waals surface area (Å²) >= 11 is 0. The second-order valence-corrected chi connectivity index (χ2v) is 7.71. The van der Waals surface area contributed by atoms with Crippen LogP contribution in [0.1, 0.15) is 46.2 Å². The lowest BCUT2D eigenvalue weighted by molar-refractivity contribution is 0.0628. The van der Waals surface area contributed by atoms with Crippen LogP contribution in [0, 0.1) is 6.92 Å². The Labute approximate surface area is 163 Å². The molecule has 2 aliphatic rings. The molecule has 0 aromatic carbocycles. The quantitative estimate of drug-likeness (QED) is 0.696. The van der Waals surface area contributed by atoms with Crippen LogP contribution in [0.15, 0.2) is 35.0 Å². The van der Waals surface area contributed by atoms with Crippen LogP contribution in [0.2, 0.25) is 0 Å². The van der Waals surface area contributed by atoms with E-state index in [-0.39, 0.29) is 5.91 Å². The standard InChI is InChI=1S/C21H23N5O2/c1-14-19-17(12-18(15-5-6-15)23-20(19)28-24-14)21(27)26-10-8-25(9-11-26)13-16-4-2-3-7-22-16/h2-4,7,12,15H,5-6,8-11,13H2,1H3. The normalized spacial score (nSPS) is 18.0. The summed E-state index contributed by atoms with van der Waals surface area (Å²) in [5.41, 5.74) is 3.91. The van der Waals surface area contributed by atoms with Crippen molar-refractivity contribution in [2.75, 3.05) is 26.2 Å². The highest BCUT2D eigenvalue weighted by Crippen LogP contribution is 2.40. The molecule has 3 aromatic heterocycles. The fraction of sp³-hybridized carbons (Fsp3) is 0.429. The number of aromatic nitrogens is 3. The first kappa shape index (κ1) is 17.3. The van der Waals surface area contributed by atoms with Crippen molar-refractivity contribution in [3.05, 3.63) is 53.1 Å². The Bertz CT molecular complexity index is 1000. The summed E-state index contributed by atoms with van der Waals surface area (Å²) < 4.78 is 5.38. The van der Waals surface area contributed by atoms with E-state index >= 15 is 0 Å². The summed E-state index contributed by atoms with van der Waals surface area (Å²) in [6.45, 7) is 5.78. The molecule has 4 heterocycles. The van der Waals surface area contributed by atoms with Crippen molar-refractivity contribution >= 4 is 17.0 Å². The van der Waals surface area contributed by atoms with Crippen molar-refractivity contribution in [1.82, 2.24) is 24.9 Å². The van der Waals surface area contributed by atoms with Crippen molar-refractivity contribution < 1.29 is 9.32 Å². The zero-order valence-electron chi connectivity index (χ0n) is 16.0. The van der Waals surface area contributed by atoms with Gasteiger partial charge in [0.2, 0.25) is 0 Å². The number of amides is 1. The number of pyridine rings is 2. The fourth-order valence-electron chi connectivity index (χ4n) is 3.87. The maximum Gasteiger partial charge on any atom is 0.259 e. The lowest BCUT2D eigenvalue weighted by Crippen LogP contribution is -2.48. The van der Waals surface area contributed by atoms with Gasteiger partial charge in [-0.05, 0) is 38.0 Å². The van der Waals surface area contributed by atoms with E-state index in [1.54, 1.807) is 0 Å². The minimum Gasteiger partial charge on any atom is -0.336 e. The van der Waals surface area contributed by atoms with Crippen molar-refractivity contribution in [2.45, 2.75) is 32.2 Å². The molecule has 2 fully saturated rings. The molecule has 7 heteroatoms. The first-order valence-corrected chi connectivity index (χ1v) is 9.87. The van der Waals surface area contributed by atoms with Crippen LogP contribution in [0.3, 0.4) is 0 Å². The summed E-state index contributed by atoms with van der Waals surface area (Å²) in [5.74, 6) is 0.509. The Morgan fingerprint density at radius 3 is 2.75 bits per heavy atom. The molecule has 5 rings (SSSR count). The molecule has 1 aliphatic heterocycles. The van der Waals surface area contributed by atoms with Crippen LogP contribution < -0.4 is 0 Å². The summed E-state index contributed by atoms with van der Waals surface area (Å²) in [6.07, 6.45) is 4.08. The molecule has 0 N–H and O–H groups in total. The Morgan fingerprint density at radius 2 is 2.04 bits per heavy atom. The summed E-state index contributed by atoms with van der Waals surface area (Å²) in [6, 6.07) is 7.94. The molecule has 28 heavy (non-hydrogen) atoms. The Kier molecular flexibility index (Phi) is 4.31. The maximum atomic E-state index is 13.3. The van der Waals surface area contributed by atoms with E-state index in [0.717, 1.165) is 54.9 Å². The van der Waals surface area contributed by atoms with Gasteiger partial charge in [0.15, 0.2) is 0 Å². The van der Waals surface area contributed by atoms with Gasteiger partial charge in [-0.15, -0.1) is 0 Å². The van der Waals surface area contributed by atoms with Crippen molar-refractivity contribution in [1.29, 1.82) is 0 Å². The van der Waals surface area contributed by atoms with Crippen molar-refractivity contribution in [2.24, 2.45) is 0 Å². The lowest BCUT2D eigenvalue weighted by atomic mass is 10.1. The van der Waals surface area contributed by atoms with Crippen LogP contribution >= 0.6 is 0 Å². The minimum absolute atomic E-state index is 0.0538. The molecule has 0 radical (unpaired) electrons. The molecule has 0 spiro atoms. The molecule has 0 bridgehead atoms. The van der Waals surface area contributed by atoms with Crippen LogP contribution in [0.4, 0.5) is 0 Å². The Morgan fingerprint density at radius 1 is 1.21 bits per heavy atom. The van der Waals surface area contributed by atoms with Gasteiger partial charge in [-0.3, -0.25) is 14.7 Å². The number of carbonyl (C=O) groups is 1. The van der Waals surface area contributed by atoms with Gasteiger partial charge in [0, 0.05) is 50.5 Å². The molecular formula is C21H23N5O2. The summed E-state index contributed by atoms with van der Waals surface area (Å²) in [5, 5.41) is 4.80. The van der Waals surface area contributed by atoms with Crippen LogP contribution in [0.5, 0.6) is 0 Å². The van der Waals surface area contributed by atoms with Gasteiger partial charge < -0.3 is 9.42 Å². The van der Waals surface area contributed by atoms with Crippen LogP contribution in [-0.2, 0) is 6.54 Å². The average Bonchev–Trinajstić information content (AvgIpc) is 3.52. The Balaban J connectivity index is 1.34. The van der Waals surface area contributed by atoms with Gasteiger partial charge in [0.1, 0.15) is 0 Å². The van der Waals surface area contributed by atoms with Crippen LogP contribution in [-0.4, -0.2) is 57.0 Å². The third-order valence-electron chi connectivity index (χ3n) is 5.63. The molecule has 1 amide bonds. The molecule has 0 atom stereocenters. The molecule has 0 unspecified atom stereocenters. The highest BCUT2D eigenvalue weighted by Gasteiger charge is 2.30. The molecular weight excluding hydrogens is 354 g/mol. The number of rotatable bonds is 4. The van der Waals surface area contributed by atoms with E-state index in [2.05, 4.69) is 20.0 Å². The lowest BCUT2D eigenvalue weighted by Gasteiger charge is -2.34. The molecule has 144 valence electrons. The first-order chi connectivity index (χ1) is 13.7. The van der Waals surface area contributed by atoms with Gasteiger partial charge in [0.05, 0.1) is 22.3 Å². The zero-order chi connectivity index (χ0) is 19.1. The van der Waals surface area contributed by atoms with E-state index in [0.29, 0.717) is 30.3 Å². The fourth-order valence-corrected chi connectivity index (χ4v) is 3.87. The second-order valence-electron chi connectivity index (χ2n) is 7.71. The number of aryl methyl sites for hydroxylation is 1. The topological polar surface area (TPSA) is 75.4 Å². The first-order valence-electron chi connectivity index (χ1n) is 9.87. The smallest absolute Gasteiger partial charge is 0.259 e. The van der Waals surface area contributed by atoms with Gasteiger partial charge in [0.25, 0.3) is 11.6 Å². The summed E-state index contributed by atoms with van der Waals surface area (Å²) in [4.78, 5) is 26.6. The SMILES string of the molecule is Cc1noc2nc(C3CC3)cc(C(=O)N3CCN(Cc4ccccn4)CC3)c12. The zero-order valence-corrected chi connectivity index (χ0v) is 16.0. The molecule has 1 saturated carbocycles. The predicted octanol–water partition coefficient (Wildman–Crippen LogP) is 2.76. The number of piperazine rings is 1. The van der Waals surface area contributed by atoms with Gasteiger partial charge in [-0.25, -0.2) is 4.98 Å². The number of carbonyl (C=O) groups excluding carboxylic acids is 1. The highest BCUT2D eigenvalue weighted by atomic mass is 16.5. The largest absolute Gasteiger partial charge is 0.336 e. The van der Waals surface area contributed by atoms with Gasteiger partial charge in [-0.1, -0.05) is 11.2 Å². The number of hydrogen-bond acceptors (Lipinski definition) is 6. The third kappa shape index (κ3) is 3.26. The highest BCUT2D eigenvalue weighted by molar-refractivity contribution is 6.06. The van der Waals surface area contributed by atoms with Crippen molar-refractivity contribution in [3.8, 4) is 0 Å². The predicted molar refractivity (Wildman–Crippen MR) is 104 cm³/mol. The maximum absolute atomic E-state index is 13.3. The van der Waals surface area contributed by atoms with Crippen LogP contribution in [0.25, 0.3) is 11.1 Å². The van der Waals surface area contributed by atoms with E-state index < -0.39 is 0 Å². The molecule has 1 saturated heterocycles. The number of nitrogens with zero attached hydrogens (tertiary/aromatic N) is 5.